The highest BCUT2D eigenvalue weighted by Crippen LogP contribution is 2.35. The van der Waals surface area contributed by atoms with E-state index in [9.17, 15) is 22.8 Å². The minimum Gasteiger partial charge on any atom is -0.322 e. The molecule has 4 aromatic rings. The number of ketones is 1. The monoisotopic (exact) mass is 626 g/mol. The molecule has 6 nitrogen and oxygen atoms in total. The van der Waals surface area contributed by atoms with Crippen LogP contribution >= 0.6 is 22.9 Å². The van der Waals surface area contributed by atoms with Crippen molar-refractivity contribution >= 4 is 40.3 Å². The Hall–Kier alpha value is -3.57. The Morgan fingerprint density at radius 3 is 2.42 bits per heavy atom. The maximum absolute atomic E-state index is 14.0. The number of rotatable bonds is 9. The van der Waals surface area contributed by atoms with E-state index in [4.69, 9.17) is 11.6 Å². The summed E-state index contributed by atoms with van der Waals surface area (Å²) in [5.74, 6) is -0.838. The predicted octanol–water partition coefficient (Wildman–Crippen LogP) is 7.30. The standard InChI is InChI=1S/C32H30ClF3N4O2S/c1-2-39-9-11-40(12-10-39)20-22-5-7-26(17-27(22)32(34,35)36)38-31(42)21-6-8-28(33)23(14-21)16-29(41)24-15-25(19-37-18-24)30-4-3-13-43-30/h3-8,13-15,17-19H,2,9-12,16,20H2,1H3,(H,38,42). The van der Waals surface area contributed by atoms with Gasteiger partial charge < -0.3 is 10.2 Å². The second-order valence-corrected chi connectivity index (χ2v) is 11.7. The normalized spacial score (nSPS) is 14.5. The lowest BCUT2D eigenvalue weighted by Gasteiger charge is -2.34. The molecule has 1 fully saturated rings. The fraction of sp³-hybridized carbons (Fsp3) is 0.281. The summed E-state index contributed by atoms with van der Waals surface area (Å²) in [6, 6.07) is 14.0. The zero-order valence-corrected chi connectivity index (χ0v) is 25.0. The molecule has 0 bridgehead atoms. The fourth-order valence-corrected chi connectivity index (χ4v) is 5.95. The first-order valence-electron chi connectivity index (χ1n) is 13.9. The van der Waals surface area contributed by atoms with Gasteiger partial charge in [0.2, 0.25) is 0 Å². The van der Waals surface area contributed by atoms with Gasteiger partial charge >= 0.3 is 6.18 Å². The molecule has 0 aliphatic carbocycles. The number of carbonyl (C=O) groups excluding carboxylic acids is 2. The highest BCUT2D eigenvalue weighted by Gasteiger charge is 2.34. The molecular formula is C32H30ClF3N4O2S. The number of pyridine rings is 1. The Labute approximate surface area is 257 Å². The number of nitrogens with one attached hydrogen (secondary N) is 1. The number of carbonyl (C=O) groups is 2. The van der Waals surface area contributed by atoms with E-state index < -0.39 is 17.6 Å². The van der Waals surface area contributed by atoms with E-state index in [1.165, 1.54) is 47.9 Å². The SMILES string of the molecule is CCN1CCN(Cc2ccc(NC(=O)c3ccc(Cl)c(CC(=O)c4cncc(-c5cccs5)c4)c3)cc2C(F)(F)F)CC1. The van der Waals surface area contributed by atoms with Crippen molar-refractivity contribution in [3.8, 4) is 10.4 Å². The van der Waals surface area contributed by atoms with Crippen LogP contribution in [-0.4, -0.2) is 59.2 Å². The molecule has 1 saturated heterocycles. The number of thiophene rings is 1. The van der Waals surface area contributed by atoms with Crippen LogP contribution < -0.4 is 5.32 Å². The number of hydrogen-bond acceptors (Lipinski definition) is 6. The number of anilines is 1. The Morgan fingerprint density at radius 1 is 0.953 bits per heavy atom. The summed E-state index contributed by atoms with van der Waals surface area (Å²) in [5.41, 5.74) is 1.25. The van der Waals surface area contributed by atoms with E-state index >= 15 is 0 Å². The molecule has 0 saturated carbocycles. The summed E-state index contributed by atoms with van der Waals surface area (Å²) in [6.07, 6.45) is -1.48. The third-order valence-corrected chi connectivity index (χ3v) is 8.79. The van der Waals surface area contributed by atoms with E-state index in [1.807, 2.05) is 22.4 Å². The van der Waals surface area contributed by atoms with E-state index in [0.717, 1.165) is 36.1 Å². The van der Waals surface area contributed by atoms with Crippen LogP contribution in [0.25, 0.3) is 10.4 Å². The van der Waals surface area contributed by atoms with Gasteiger partial charge in [0, 0.05) is 83.8 Å². The Kier molecular flexibility index (Phi) is 9.61. The number of likely N-dealkylation sites (N-methyl/N-ethyl adjacent to an activating group) is 1. The van der Waals surface area contributed by atoms with Gasteiger partial charge in [0.1, 0.15) is 0 Å². The largest absolute Gasteiger partial charge is 0.416 e. The minimum atomic E-state index is -4.58. The molecule has 11 heteroatoms. The third-order valence-electron chi connectivity index (χ3n) is 7.50. The number of amides is 1. The summed E-state index contributed by atoms with van der Waals surface area (Å²) in [4.78, 5) is 35.6. The molecule has 5 rings (SSSR count). The fourth-order valence-electron chi connectivity index (χ4n) is 5.06. The summed E-state index contributed by atoms with van der Waals surface area (Å²) in [6.45, 7) is 6.20. The second-order valence-electron chi connectivity index (χ2n) is 10.4. The first-order valence-corrected chi connectivity index (χ1v) is 15.1. The van der Waals surface area contributed by atoms with Crippen molar-refractivity contribution in [2.45, 2.75) is 26.1 Å². The number of benzene rings is 2. The van der Waals surface area contributed by atoms with Gasteiger partial charge in [-0.2, -0.15) is 13.2 Å². The lowest BCUT2D eigenvalue weighted by Crippen LogP contribution is -2.45. The molecule has 1 N–H and O–H groups in total. The van der Waals surface area contributed by atoms with Crippen LogP contribution in [0.3, 0.4) is 0 Å². The molecule has 2 aromatic carbocycles. The molecule has 1 amide bonds. The molecular weight excluding hydrogens is 597 g/mol. The number of halogens is 4. The molecule has 43 heavy (non-hydrogen) atoms. The average molecular weight is 627 g/mol. The number of piperazine rings is 1. The van der Waals surface area contributed by atoms with Crippen LogP contribution in [0.15, 0.2) is 72.4 Å². The van der Waals surface area contributed by atoms with Gasteiger partial charge in [-0.1, -0.05) is 30.7 Å². The summed E-state index contributed by atoms with van der Waals surface area (Å²) >= 11 is 7.90. The third kappa shape index (κ3) is 7.69. The zero-order valence-electron chi connectivity index (χ0n) is 23.5. The van der Waals surface area contributed by atoms with Gasteiger partial charge in [-0.15, -0.1) is 11.3 Å². The zero-order chi connectivity index (χ0) is 30.6. The van der Waals surface area contributed by atoms with E-state index in [2.05, 4.69) is 22.1 Å². The number of Topliss-reactive ketones (excluding diaryl/α,β-unsaturated/α-hetero) is 1. The predicted molar refractivity (Wildman–Crippen MR) is 164 cm³/mol. The van der Waals surface area contributed by atoms with Crippen LogP contribution in [0.4, 0.5) is 18.9 Å². The van der Waals surface area contributed by atoms with Crippen molar-refractivity contribution in [1.29, 1.82) is 0 Å². The molecule has 2 aromatic heterocycles. The van der Waals surface area contributed by atoms with Crippen molar-refractivity contribution in [2.24, 2.45) is 0 Å². The van der Waals surface area contributed by atoms with Gasteiger partial charge in [-0.25, -0.2) is 0 Å². The summed E-state index contributed by atoms with van der Waals surface area (Å²) < 4.78 is 42.1. The van der Waals surface area contributed by atoms with Gasteiger partial charge in [0.15, 0.2) is 5.78 Å². The van der Waals surface area contributed by atoms with E-state index in [1.54, 1.807) is 12.3 Å². The van der Waals surface area contributed by atoms with Crippen molar-refractivity contribution in [3.63, 3.8) is 0 Å². The number of nitrogens with zero attached hydrogens (tertiary/aromatic N) is 3. The highest BCUT2D eigenvalue weighted by atomic mass is 35.5. The lowest BCUT2D eigenvalue weighted by molar-refractivity contribution is -0.138. The van der Waals surface area contributed by atoms with Crippen molar-refractivity contribution in [3.05, 3.63) is 105 Å². The van der Waals surface area contributed by atoms with Crippen LogP contribution in [0.5, 0.6) is 0 Å². The van der Waals surface area contributed by atoms with Gasteiger partial charge in [-0.3, -0.25) is 19.5 Å². The Morgan fingerprint density at radius 2 is 1.72 bits per heavy atom. The first-order chi connectivity index (χ1) is 20.6. The number of hydrogen-bond donors (Lipinski definition) is 1. The van der Waals surface area contributed by atoms with Crippen molar-refractivity contribution in [2.75, 3.05) is 38.0 Å². The highest BCUT2D eigenvalue weighted by molar-refractivity contribution is 7.13. The van der Waals surface area contributed by atoms with Gasteiger partial charge in [-0.05, 0) is 65.5 Å². The van der Waals surface area contributed by atoms with Gasteiger partial charge in [0.25, 0.3) is 5.91 Å². The van der Waals surface area contributed by atoms with E-state index in [0.29, 0.717) is 29.2 Å². The molecule has 224 valence electrons. The molecule has 1 aliphatic rings. The second kappa shape index (κ2) is 13.4. The lowest BCUT2D eigenvalue weighted by atomic mass is 10.0. The molecule has 0 spiro atoms. The van der Waals surface area contributed by atoms with Crippen molar-refractivity contribution in [1.82, 2.24) is 14.8 Å². The van der Waals surface area contributed by atoms with Crippen LogP contribution in [0, 0.1) is 0 Å². The molecule has 3 heterocycles. The first kappa shape index (κ1) is 30.9. The maximum Gasteiger partial charge on any atom is 0.416 e. The average Bonchev–Trinajstić information content (AvgIpc) is 3.54. The van der Waals surface area contributed by atoms with Gasteiger partial charge in [0.05, 0.1) is 5.56 Å². The van der Waals surface area contributed by atoms with Crippen LogP contribution in [0.1, 0.15) is 44.3 Å². The van der Waals surface area contributed by atoms with Crippen LogP contribution in [0.2, 0.25) is 5.02 Å². The topological polar surface area (TPSA) is 65.5 Å². The van der Waals surface area contributed by atoms with E-state index in [-0.39, 0.29) is 35.6 Å². The molecule has 0 radical (unpaired) electrons. The summed E-state index contributed by atoms with van der Waals surface area (Å²) in [5, 5.41) is 4.81. The Balaban J connectivity index is 1.29. The molecule has 1 aliphatic heterocycles. The smallest absolute Gasteiger partial charge is 0.322 e. The maximum atomic E-state index is 14.0. The Bertz CT molecular complexity index is 1600. The van der Waals surface area contributed by atoms with Crippen LogP contribution in [-0.2, 0) is 19.1 Å². The van der Waals surface area contributed by atoms with Crippen molar-refractivity contribution < 1.29 is 22.8 Å². The number of alkyl halides is 3. The quantitative estimate of drug-likeness (QED) is 0.198. The molecule has 0 unspecified atom stereocenters. The minimum absolute atomic E-state index is 0.0286. The summed E-state index contributed by atoms with van der Waals surface area (Å²) in [7, 11) is 0. The number of aromatic nitrogens is 1. The molecule has 0 atom stereocenters.